The Bertz CT molecular complexity index is 440. The van der Waals surface area contributed by atoms with E-state index in [9.17, 15) is 0 Å². The highest BCUT2D eigenvalue weighted by molar-refractivity contribution is 6.33. The van der Waals surface area contributed by atoms with Crippen LogP contribution in [-0.4, -0.2) is 38.3 Å². The number of likely N-dealkylation sites (tertiary alicyclic amines) is 1. The summed E-state index contributed by atoms with van der Waals surface area (Å²) in [6.45, 7) is 2.79. The van der Waals surface area contributed by atoms with Gasteiger partial charge in [0.2, 0.25) is 0 Å². The lowest BCUT2D eigenvalue weighted by Gasteiger charge is -2.31. The molecule has 0 amide bonds. The number of hydrogen-bond acceptors (Lipinski definition) is 4. The first-order chi connectivity index (χ1) is 9.15. The summed E-state index contributed by atoms with van der Waals surface area (Å²) >= 11 is 6.39. The minimum atomic E-state index is 0.271. The molecule has 1 aromatic rings. The molecule has 0 saturated carbocycles. The second-order valence-electron chi connectivity index (χ2n) is 4.91. The minimum absolute atomic E-state index is 0.271. The Morgan fingerprint density at radius 2 is 2.16 bits per heavy atom. The predicted molar refractivity (Wildman–Crippen MR) is 77.0 cm³/mol. The summed E-state index contributed by atoms with van der Waals surface area (Å²) in [7, 11) is 3.21. The van der Waals surface area contributed by atoms with Crippen molar-refractivity contribution in [1.82, 2.24) is 4.90 Å². The van der Waals surface area contributed by atoms with Gasteiger partial charge >= 0.3 is 0 Å². The maximum absolute atomic E-state index is 6.39. The Hall–Kier alpha value is -0.970. The Kier molecular flexibility index (Phi) is 4.91. The number of methoxy groups -OCH3 is 2. The van der Waals surface area contributed by atoms with Crippen molar-refractivity contribution in [3.8, 4) is 11.5 Å². The first kappa shape index (κ1) is 14.4. The highest BCUT2D eigenvalue weighted by atomic mass is 35.5. The number of nitrogens with zero attached hydrogens (tertiary/aromatic N) is 1. The SMILES string of the molecule is COc1ccc(CN2CCC[C@@H](N)C2)c(Cl)c1OC. The fourth-order valence-corrected chi connectivity index (χ4v) is 2.82. The Morgan fingerprint density at radius 3 is 2.79 bits per heavy atom. The number of piperidine rings is 1. The lowest BCUT2D eigenvalue weighted by Crippen LogP contribution is -2.42. The van der Waals surface area contributed by atoms with Crippen LogP contribution in [0.5, 0.6) is 11.5 Å². The summed E-state index contributed by atoms with van der Waals surface area (Å²) in [5.74, 6) is 1.26. The van der Waals surface area contributed by atoms with E-state index in [1.807, 2.05) is 12.1 Å². The number of halogens is 1. The standard InChI is InChI=1S/C14H21ClN2O2/c1-18-12-6-5-10(13(15)14(12)19-2)8-17-7-3-4-11(16)9-17/h5-6,11H,3-4,7-9,16H2,1-2H3/t11-/m1/s1. The maximum Gasteiger partial charge on any atom is 0.179 e. The summed E-state index contributed by atoms with van der Waals surface area (Å²) in [6.07, 6.45) is 2.25. The van der Waals surface area contributed by atoms with Crippen LogP contribution in [0.3, 0.4) is 0 Å². The second kappa shape index (κ2) is 6.46. The molecule has 1 saturated heterocycles. The quantitative estimate of drug-likeness (QED) is 0.921. The highest BCUT2D eigenvalue weighted by Crippen LogP contribution is 2.37. The molecule has 0 aromatic heterocycles. The Morgan fingerprint density at radius 1 is 1.37 bits per heavy atom. The van der Waals surface area contributed by atoms with Crippen molar-refractivity contribution in [1.29, 1.82) is 0 Å². The van der Waals surface area contributed by atoms with E-state index in [2.05, 4.69) is 4.90 Å². The minimum Gasteiger partial charge on any atom is -0.493 e. The zero-order valence-electron chi connectivity index (χ0n) is 11.5. The van der Waals surface area contributed by atoms with E-state index in [-0.39, 0.29) is 6.04 Å². The van der Waals surface area contributed by atoms with E-state index in [0.29, 0.717) is 16.5 Å². The number of benzene rings is 1. The van der Waals surface area contributed by atoms with E-state index in [4.69, 9.17) is 26.8 Å². The van der Waals surface area contributed by atoms with Gasteiger partial charge < -0.3 is 15.2 Å². The molecule has 1 heterocycles. The highest BCUT2D eigenvalue weighted by Gasteiger charge is 2.19. The molecule has 0 bridgehead atoms. The zero-order chi connectivity index (χ0) is 13.8. The van der Waals surface area contributed by atoms with Gasteiger partial charge in [0.1, 0.15) is 0 Å². The second-order valence-corrected chi connectivity index (χ2v) is 5.29. The normalized spacial score (nSPS) is 20.3. The molecule has 4 nitrogen and oxygen atoms in total. The topological polar surface area (TPSA) is 47.7 Å². The lowest BCUT2D eigenvalue weighted by atomic mass is 10.1. The monoisotopic (exact) mass is 284 g/mol. The average molecular weight is 285 g/mol. The van der Waals surface area contributed by atoms with Crippen molar-refractivity contribution in [3.05, 3.63) is 22.7 Å². The van der Waals surface area contributed by atoms with Gasteiger partial charge in [-0.05, 0) is 31.0 Å². The Balaban J connectivity index is 2.16. The summed E-state index contributed by atoms with van der Waals surface area (Å²) in [4.78, 5) is 2.33. The van der Waals surface area contributed by atoms with Crippen molar-refractivity contribution in [2.45, 2.75) is 25.4 Å². The first-order valence-electron chi connectivity index (χ1n) is 6.53. The molecule has 5 heteroatoms. The summed E-state index contributed by atoms with van der Waals surface area (Å²) in [6, 6.07) is 4.15. The van der Waals surface area contributed by atoms with Crippen LogP contribution in [0.25, 0.3) is 0 Å². The third-order valence-corrected chi connectivity index (χ3v) is 3.92. The molecule has 0 aliphatic carbocycles. The fraction of sp³-hybridized carbons (Fsp3) is 0.571. The van der Waals surface area contributed by atoms with Crippen LogP contribution in [0.4, 0.5) is 0 Å². The number of nitrogens with two attached hydrogens (primary N) is 1. The molecule has 19 heavy (non-hydrogen) atoms. The molecule has 1 aliphatic heterocycles. The molecular weight excluding hydrogens is 264 g/mol. The average Bonchev–Trinajstić information content (AvgIpc) is 2.41. The van der Waals surface area contributed by atoms with Crippen molar-refractivity contribution >= 4 is 11.6 Å². The number of ether oxygens (including phenoxy) is 2. The van der Waals surface area contributed by atoms with Crippen molar-refractivity contribution in [2.24, 2.45) is 5.73 Å². The molecule has 1 aliphatic rings. The van der Waals surface area contributed by atoms with Gasteiger partial charge in [-0.3, -0.25) is 4.90 Å². The molecule has 1 atom stereocenters. The van der Waals surface area contributed by atoms with E-state index < -0.39 is 0 Å². The van der Waals surface area contributed by atoms with Gasteiger partial charge in [-0.1, -0.05) is 17.7 Å². The zero-order valence-corrected chi connectivity index (χ0v) is 12.2. The maximum atomic E-state index is 6.39. The van der Waals surface area contributed by atoms with Gasteiger partial charge in [0, 0.05) is 19.1 Å². The van der Waals surface area contributed by atoms with Gasteiger partial charge in [-0.2, -0.15) is 0 Å². The van der Waals surface area contributed by atoms with Gasteiger partial charge in [0.05, 0.1) is 19.2 Å². The van der Waals surface area contributed by atoms with Crippen LogP contribution in [0, 0.1) is 0 Å². The van der Waals surface area contributed by atoms with E-state index >= 15 is 0 Å². The smallest absolute Gasteiger partial charge is 0.179 e. The third-order valence-electron chi connectivity index (χ3n) is 3.50. The largest absolute Gasteiger partial charge is 0.493 e. The predicted octanol–water partition coefficient (Wildman–Crippen LogP) is 2.28. The van der Waals surface area contributed by atoms with Gasteiger partial charge in [-0.15, -0.1) is 0 Å². The number of hydrogen-bond donors (Lipinski definition) is 1. The fourth-order valence-electron chi connectivity index (χ4n) is 2.53. The molecule has 106 valence electrons. The molecule has 2 N–H and O–H groups in total. The van der Waals surface area contributed by atoms with Crippen molar-refractivity contribution in [3.63, 3.8) is 0 Å². The molecule has 2 rings (SSSR count). The van der Waals surface area contributed by atoms with Gasteiger partial charge in [-0.25, -0.2) is 0 Å². The van der Waals surface area contributed by atoms with Crippen LogP contribution in [0.2, 0.25) is 5.02 Å². The van der Waals surface area contributed by atoms with Gasteiger partial charge in [0.15, 0.2) is 11.5 Å². The summed E-state index contributed by atoms with van der Waals surface area (Å²) in [5, 5.41) is 0.626. The molecular formula is C14H21ClN2O2. The third kappa shape index (κ3) is 3.32. The van der Waals surface area contributed by atoms with Gasteiger partial charge in [0.25, 0.3) is 0 Å². The van der Waals surface area contributed by atoms with E-state index in [1.54, 1.807) is 14.2 Å². The lowest BCUT2D eigenvalue weighted by molar-refractivity contribution is 0.201. The van der Waals surface area contributed by atoms with Crippen LogP contribution < -0.4 is 15.2 Å². The van der Waals surface area contributed by atoms with Crippen LogP contribution in [0.1, 0.15) is 18.4 Å². The van der Waals surface area contributed by atoms with Crippen LogP contribution >= 0.6 is 11.6 Å². The molecule has 0 radical (unpaired) electrons. The van der Waals surface area contributed by atoms with Crippen molar-refractivity contribution < 1.29 is 9.47 Å². The van der Waals surface area contributed by atoms with Crippen LogP contribution in [0.15, 0.2) is 12.1 Å². The summed E-state index contributed by atoms with van der Waals surface area (Å²) < 4.78 is 10.6. The molecule has 0 unspecified atom stereocenters. The molecule has 0 spiro atoms. The van der Waals surface area contributed by atoms with Crippen LogP contribution in [-0.2, 0) is 6.54 Å². The Labute approximate surface area is 119 Å². The van der Waals surface area contributed by atoms with E-state index in [1.165, 1.54) is 0 Å². The molecule has 1 fully saturated rings. The molecule has 1 aromatic carbocycles. The van der Waals surface area contributed by atoms with Crippen molar-refractivity contribution in [2.75, 3.05) is 27.3 Å². The number of rotatable bonds is 4. The summed E-state index contributed by atoms with van der Waals surface area (Å²) in [5.41, 5.74) is 7.05. The van der Waals surface area contributed by atoms with E-state index in [0.717, 1.165) is 38.0 Å². The first-order valence-corrected chi connectivity index (χ1v) is 6.90.